The number of amides is 13. The minimum absolute atomic E-state index is 0.0736. The van der Waals surface area contributed by atoms with Crippen molar-refractivity contribution in [3.8, 4) is 0 Å². The van der Waals surface area contributed by atoms with Crippen LogP contribution >= 0.6 is 11.8 Å². The first-order valence-corrected chi connectivity index (χ1v) is 33.6. The summed E-state index contributed by atoms with van der Waals surface area (Å²) in [5.41, 5.74) is 40.6. The number of unbranched alkanes of at least 4 members (excludes halogenated alkanes) is 1. The van der Waals surface area contributed by atoms with Crippen molar-refractivity contribution >= 4 is 94.5 Å². The molecular weight excluding hydrogens is 1250 g/mol. The van der Waals surface area contributed by atoms with Gasteiger partial charge in [-0.1, -0.05) is 74.5 Å². The first-order valence-electron chi connectivity index (χ1n) is 32.2. The Labute approximate surface area is 558 Å². The molecule has 31 nitrogen and oxygen atoms in total. The lowest BCUT2D eigenvalue weighted by molar-refractivity contribution is -0.144. The maximum atomic E-state index is 14.7. The normalized spacial score (nSPS) is 16.8. The van der Waals surface area contributed by atoms with E-state index < -0.39 is 169 Å². The van der Waals surface area contributed by atoms with Crippen LogP contribution in [0.25, 0.3) is 0 Å². The molecule has 0 radical (unpaired) electrons. The molecule has 13 amide bonds. The van der Waals surface area contributed by atoms with Gasteiger partial charge in [0.2, 0.25) is 76.8 Å². The fourth-order valence-corrected chi connectivity index (χ4v) is 11.5. The molecule has 524 valence electrons. The monoisotopic (exact) mass is 1350 g/mol. The molecule has 0 bridgehead atoms. The maximum Gasteiger partial charge on any atom is 0.245 e. The number of hydrogen-bond acceptors (Lipinski definition) is 17. The van der Waals surface area contributed by atoms with Gasteiger partial charge in [-0.25, -0.2) is 0 Å². The van der Waals surface area contributed by atoms with E-state index in [0.29, 0.717) is 55.4 Å². The number of carbonyl (C=O) groups is 13. The quantitative estimate of drug-likeness (QED) is 0.0173. The third-order valence-electron chi connectivity index (χ3n) is 16.0. The van der Waals surface area contributed by atoms with Crippen LogP contribution in [-0.2, 0) is 75.2 Å². The molecule has 2 heterocycles. The van der Waals surface area contributed by atoms with Crippen LogP contribution < -0.4 is 82.7 Å². The molecule has 2 fully saturated rings. The predicted molar refractivity (Wildman–Crippen MR) is 356 cm³/mol. The van der Waals surface area contributed by atoms with Crippen LogP contribution in [0.5, 0.6) is 0 Å². The van der Waals surface area contributed by atoms with Gasteiger partial charge in [-0.2, -0.15) is 11.8 Å². The number of carbonyl (C=O) groups excluding carboxylic acids is 13. The average Bonchev–Trinajstić information content (AvgIpc) is 1.74. The molecular formula is C63H98N18O13S. The third kappa shape index (κ3) is 27.5. The van der Waals surface area contributed by atoms with Gasteiger partial charge in [0.05, 0.1) is 12.6 Å². The Hall–Kier alpha value is -8.91. The summed E-state index contributed by atoms with van der Waals surface area (Å²) in [6.07, 6.45) is 3.12. The summed E-state index contributed by atoms with van der Waals surface area (Å²) in [6.45, 7) is 3.86. The van der Waals surface area contributed by atoms with E-state index in [2.05, 4.69) is 47.5 Å². The van der Waals surface area contributed by atoms with E-state index >= 15 is 0 Å². The molecule has 0 spiro atoms. The molecule has 2 saturated heterocycles. The van der Waals surface area contributed by atoms with E-state index in [4.69, 9.17) is 40.1 Å². The van der Waals surface area contributed by atoms with E-state index in [1.807, 2.05) is 20.1 Å². The SMILES string of the molecule is CSCC[C@H](NC(=O)[C@@H](CC(C)C)NC(=O)CNC(=O)[C@H](Cc1ccccc1)NC(=O)[C@@H](Cc1ccccc1)NC(=O)[C@H](CCC(N)=O)NC(=O)[C@@H](CCC(N)=O)NC(=O)[C@H]1CCCN1C(=O)[C@H](CCCCN)NC(=O)[C@H]1CCCN1C(=O)[C@H](N)CCCN=C(N)N)C(N)=O. The largest absolute Gasteiger partial charge is 0.370 e. The number of primary amides is 3. The number of nitrogens with zero attached hydrogens (tertiary/aromatic N) is 3. The van der Waals surface area contributed by atoms with Gasteiger partial charge in [-0.05, 0) is 119 Å². The van der Waals surface area contributed by atoms with Crippen LogP contribution in [-0.4, -0.2) is 198 Å². The molecule has 2 aliphatic heterocycles. The molecule has 0 aromatic heterocycles. The van der Waals surface area contributed by atoms with E-state index in [1.54, 1.807) is 60.7 Å². The Morgan fingerprint density at radius 3 is 1.51 bits per heavy atom. The van der Waals surface area contributed by atoms with Crippen molar-refractivity contribution in [1.82, 2.24) is 52.3 Å². The Bertz CT molecular complexity index is 2960. The number of likely N-dealkylation sites (tertiary alicyclic amines) is 2. The highest BCUT2D eigenvalue weighted by Gasteiger charge is 2.42. The highest BCUT2D eigenvalue weighted by molar-refractivity contribution is 7.98. The maximum absolute atomic E-state index is 14.7. The standard InChI is InChI=1S/C63H98N18O13S/c1-37(2)33-45(57(89)74-41(53(68)85)27-32-95-3)73-52(84)36-72-54(86)46(34-38-15-6-4-7-16-38)78-58(90)47(35-39-17-8-5-9-18-39)79-56(88)42(23-25-50(66)82)75-55(87)43(24-26-51(67)83)76-59(91)49-22-14-31-81(49)62(94)44(20-10-11-28-64)77-60(92)48-21-13-30-80(48)61(93)40(65)19-12-29-71-63(69)70/h4-9,15-18,37,40-49H,10-14,19-36,64-65H2,1-3H3,(H2,66,82)(H2,67,83)(H2,68,85)(H,72,86)(H,73,84)(H,74,89)(H,75,87)(H,76,91)(H,77,92)(H,78,90)(H,79,88)(H4,69,70,71)/t40-,41+,42+,43-,44+,45-,46+,47-,48-,49-/m1/s1. The van der Waals surface area contributed by atoms with E-state index in [1.165, 1.54) is 21.6 Å². The lowest BCUT2D eigenvalue weighted by atomic mass is 10.0. The van der Waals surface area contributed by atoms with E-state index in [9.17, 15) is 62.3 Å². The topological polar surface area (TPSA) is 519 Å². The van der Waals surface area contributed by atoms with Gasteiger partial charge in [0.25, 0.3) is 0 Å². The van der Waals surface area contributed by atoms with Crippen LogP contribution in [0.15, 0.2) is 65.7 Å². The Morgan fingerprint density at radius 1 is 0.537 bits per heavy atom. The number of aliphatic imine (C=N–C) groups is 1. The van der Waals surface area contributed by atoms with Crippen molar-refractivity contribution in [3.63, 3.8) is 0 Å². The Kier molecular flexibility index (Phi) is 33.9. The Balaban J connectivity index is 1.56. The molecule has 0 aliphatic carbocycles. The fourth-order valence-electron chi connectivity index (χ4n) is 11.0. The third-order valence-corrected chi connectivity index (χ3v) is 16.7. The average molecular weight is 1350 g/mol. The smallest absolute Gasteiger partial charge is 0.245 e. The van der Waals surface area contributed by atoms with E-state index in [-0.39, 0.29) is 83.0 Å². The highest BCUT2D eigenvalue weighted by Crippen LogP contribution is 2.24. The summed E-state index contributed by atoms with van der Waals surface area (Å²) >= 11 is 1.45. The van der Waals surface area contributed by atoms with Gasteiger partial charge in [0.1, 0.15) is 54.4 Å². The van der Waals surface area contributed by atoms with Gasteiger partial charge in [-0.3, -0.25) is 67.3 Å². The van der Waals surface area contributed by atoms with Crippen LogP contribution in [0.3, 0.4) is 0 Å². The lowest BCUT2D eigenvalue weighted by Gasteiger charge is -2.32. The van der Waals surface area contributed by atoms with Crippen LogP contribution in [0.2, 0.25) is 0 Å². The summed E-state index contributed by atoms with van der Waals surface area (Å²) < 4.78 is 0. The zero-order chi connectivity index (χ0) is 70.1. The molecule has 22 N–H and O–H groups in total. The lowest BCUT2D eigenvalue weighted by Crippen LogP contribution is -2.60. The highest BCUT2D eigenvalue weighted by atomic mass is 32.2. The van der Waals surface area contributed by atoms with Gasteiger partial charge >= 0.3 is 0 Å². The molecule has 2 aliphatic rings. The van der Waals surface area contributed by atoms with Crippen molar-refractivity contribution in [2.24, 2.45) is 51.0 Å². The molecule has 2 aromatic carbocycles. The minimum atomic E-state index is -1.64. The van der Waals surface area contributed by atoms with Crippen LogP contribution in [0, 0.1) is 5.92 Å². The summed E-state index contributed by atoms with van der Waals surface area (Å²) in [5.74, 6) is -9.80. The second-order valence-electron chi connectivity index (χ2n) is 24.1. The Morgan fingerprint density at radius 2 is 1.01 bits per heavy atom. The number of nitrogens with one attached hydrogen (secondary N) is 8. The molecule has 0 saturated carbocycles. The van der Waals surface area contributed by atoms with Crippen LogP contribution in [0.4, 0.5) is 0 Å². The first kappa shape index (κ1) is 78.5. The molecule has 95 heavy (non-hydrogen) atoms. The van der Waals surface area contributed by atoms with Crippen molar-refractivity contribution in [3.05, 3.63) is 71.8 Å². The van der Waals surface area contributed by atoms with Gasteiger partial charge in [0, 0.05) is 45.3 Å². The summed E-state index contributed by atoms with van der Waals surface area (Å²) in [7, 11) is 0. The van der Waals surface area contributed by atoms with Crippen molar-refractivity contribution in [1.29, 1.82) is 0 Å². The number of hydrogen-bond donors (Lipinski definition) is 15. The second-order valence-corrected chi connectivity index (χ2v) is 25.1. The minimum Gasteiger partial charge on any atom is -0.370 e. The van der Waals surface area contributed by atoms with E-state index in [0.717, 1.165) is 0 Å². The molecule has 4 rings (SSSR count). The van der Waals surface area contributed by atoms with Gasteiger partial charge in [-0.15, -0.1) is 0 Å². The number of benzene rings is 2. The van der Waals surface area contributed by atoms with Crippen LogP contribution in [0.1, 0.15) is 121 Å². The second kappa shape index (κ2) is 41.0. The summed E-state index contributed by atoms with van der Waals surface area (Å²) in [5, 5.41) is 21.1. The molecule has 10 atom stereocenters. The van der Waals surface area contributed by atoms with Crippen molar-refractivity contribution in [2.45, 2.75) is 183 Å². The number of guanidine groups is 1. The zero-order valence-corrected chi connectivity index (χ0v) is 55.3. The van der Waals surface area contributed by atoms with Crippen molar-refractivity contribution in [2.75, 3.05) is 44.7 Å². The van der Waals surface area contributed by atoms with Gasteiger partial charge < -0.3 is 92.5 Å². The predicted octanol–water partition coefficient (Wildman–Crippen LogP) is -3.71. The first-order chi connectivity index (χ1) is 45.2. The molecule has 32 heteroatoms. The molecule has 0 unspecified atom stereocenters. The van der Waals surface area contributed by atoms with Crippen molar-refractivity contribution < 1.29 is 62.3 Å². The number of nitrogens with two attached hydrogens (primary N) is 7. The zero-order valence-electron chi connectivity index (χ0n) is 54.5. The molecule has 2 aromatic rings. The number of thioether (sulfide) groups is 1. The number of rotatable bonds is 42. The summed E-state index contributed by atoms with van der Waals surface area (Å²) in [4.78, 5) is 185. The van der Waals surface area contributed by atoms with Gasteiger partial charge in [0.15, 0.2) is 5.96 Å². The summed E-state index contributed by atoms with van der Waals surface area (Å²) in [6, 6.07) is 4.51. The fraction of sp³-hybridized carbons (Fsp3) is 0.587.